The summed E-state index contributed by atoms with van der Waals surface area (Å²) in [7, 11) is 0. The van der Waals surface area contributed by atoms with E-state index < -0.39 is 11.9 Å². The van der Waals surface area contributed by atoms with Crippen LogP contribution in [0.5, 0.6) is 0 Å². The minimum absolute atomic E-state index is 0.270. The number of fused-ring (bicyclic) bond motifs is 1. The first-order chi connectivity index (χ1) is 13.5. The van der Waals surface area contributed by atoms with Crippen molar-refractivity contribution in [3.63, 3.8) is 0 Å². The minimum Gasteiger partial charge on any atom is -0.379 e. The summed E-state index contributed by atoms with van der Waals surface area (Å²) in [6.07, 6.45) is 4.94. The number of hydrogen-bond acceptors (Lipinski definition) is 6. The summed E-state index contributed by atoms with van der Waals surface area (Å²) in [5.41, 5.74) is 5.11. The van der Waals surface area contributed by atoms with Gasteiger partial charge in [0.15, 0.2) is 5.11 Å². The van der Waals surface area contributed by atoms with Gasteiger partial charge in [0.25, 0.3) is 5.91 Å². The first kappa shape index (κ1) is 20.7. The Morgan fingerprint density at radius 2 is 1.79 bits per heavy atom. The van der Waals surface area contributed by atoms with E-state index in [1.807, 2.05) is 12.2 Å². The van der Waals surface area contributed by atoms with Gasteiger partial charge in [0.1, 0.15) is 6.04 Å². The number of imide groups is 1. The molecule has 1 aliphatic carbocycles. The smallest absolute Gasteiger partial charge is 0.261 e. The molecule has 2 saturated heterocycles. The highest BCUT2D eigenvalue weighted by molar-refractivity contribution is 7.80. The number of allylic oxidation sites excluding steroid dienone is 2. The lowest BCUT2D eigenvalue weighted by Crippen LogP contribution is -2.55. The van der Waals surface area contributed by atoms with Gasteiger partial charge in [-0.3, -0.25) is 35.0 Å². The molecule has 3 atom stereocenters. The molecule has 9 nitrogen and oxygen atoms in total. The lowest BCUT2D eigenvalue weighted by Gasteiger charge is -2.26. The fraction of sp³-hybridized carbons (Fsp3) is 0.667. The van der Waals surface area contributed by atoms with Crippen LogP contribution in [0.2, 0.25) is 0 Å². The highest BCUT2D eigenvalue weighted by Crippen LogP contribution is 2.35. The van der Waals surface area contributed by atoms with Crippen molar-refractivity contribution < 1.29 is 19.1 Å². The molecule has 2 heterocycles. The van der Waals surface area contributed by atoms with Crippen molar-refractivity contribution in [2.45, 2.75) is 25.8 Å². The monoisotopic (exact) mass is 409 g/mol. The molecule has 0 unspecified atom stereocenters. The van der Waals surface area contributed by atoms with Crippen LogP contribution in [0.25, 0.3) is 0 Å². The number of morpholine rings is 1. The second-order valence-electron chi connectivity index (χ2n) is 7.20. The maximum absolute atomic E-state index is 12.5. The van der Waals surface area contributed by atoms with E-state index in [-0.39, 0.29) is 28.8 Å². The molecule has 28 heavy (non-hydrogen) atoms. The Labute approximate surface area is 169 Å². The predicted molar refractivity (Wildman–Crippen MR) is 106 cm³/mol. The highest BCUT2D eigenvalue weighted by atomic mass is 32.1. The Morgan fingerprint density at radius 3 is 2.39 bits per heavy atom. The number of carbonyl (C=O) groups excluding carboxylic acids is 3. The number of nitrogens with one attached hydrogen (secondary N) is 3. The van der Waals surface area contributed by atoms with Crippen molar-refractivity contribution >= 4 is 35.1 Å². The van der Waals surface area contributed by atoms with E-state index in [1.54, 1.807) is 6.92 Å². The summed E-state index contributed by atoms with van der Waals surface area (Å²) in [4.78, 5) is 40.9. The summed E-state index contributed by atoms with van der Waals surface area (Å²) in [5.74, 6) is -1.71. The van der Waals surface area contributed by atoms with Gasteiger partial charge in [0, 0.05) is 26.2 Å². The van der Waals surface area contributed by atoms with Crippen molar-refractivity contribution in [1.82, 2.24) is 26.0 Å². The number of hydrazine groups is 1. The number of hydrogen-bond donors (Lipinski definition) is 3. The van der Waals surface area contributed by atoms with E-state index in [4.69, 9.17) is 17.0 Å². The van der Waals surface area contributed by atoms with Gasteiger partial charge in [0.2, 0.25) is 11.8 Å². The number of rotatable bonds is 5. The molecule has 0 saturated carbocycles. The van der Waals surface area contributed by atoms with Gasteiger partial charge < -0.3 is 10.1 Å². The largest absolute Gasteiger partial charge is 0.379 e. The van der Waals surface area contributed by atoms with E-state index in [2.05, 4.69) is 21.1 Å². The Hall–Kier alpha value is -2.04. The molecule has 0 aromatic rings. The number of likely N-dealkylation sites (tertiary alicyclic amines) is 1. The van der Waals surface area contributed by atoms with Gasteiger partial charge in [-0.2, -0.15) is 0 Å². The third-order valence-electron chi connectivity index (χ3n) is 5.42. The second kappa shape index (κ2) is 9.44. The zero-order valence-electron chi connectivity index (χ0n) is 16.0. The van der Waals surface area contributed by atoms with Crippen LogP contribution >= 0.6 is 12.2 Å². The zero-order valence-corrected chi connectivity index (χ0v) is 16.8. The summed E-state index contributed by atoms with van der Waals surface area (Å²) in [5, 5.41) is 3.30. The molecule has 3 rings (SSSR count). The molecule has 0 aromatic carbocycles. The van der Waals surface area contributed by atoms with Crippen molar-refractivity contribution in [3.8, 4) is 0 Å². The van der Waals surface area contributed by atoms with E-state index in [1.165, 1.54) is 0 Å². The molecule has 3 amide bonds. The van der Waals surface area contributed by atoms with Crippen molar-refractivity contribution in [2.75, 3.05) is 39.4 Å². The van der Waals surface area contributed by atoms with Gasteiger partial charge in [-0.1, -0.05) is 12.2 Å². The molecule has 0 aromatic heterocycles. The maximum Gasteiger partial charge on any atom is 0.261 e. The summed E-state index contributed by atoms with van der Waals surface area (Å²) < 4.78 is 5.30. The van der Waals surface area contributed by atoms with Crippen LogP contribution < -0.4 is 16.2 Å². The minimum atomic E-state index is -0.894. The molecule has 0 bridgehead atoms. The fourth-order valence-electron chi connectivity index (χ4n) is 3.74. The van der Waals surface area contributed by atoms with Crippen molar-refractivity contribution in [3.05, 3.63) is 12.2 Å². The Balaban J connectivity index is 1.41. The van der Waals surface area contributed by atoms with Crippen LogP contribution in [-0.2, 0) is 19.1 Å². The average Bonchev–Trinajstić information content (AvgIpc) is 2.97. The van der Waals surface area contributed by atoms with Crippen LogP contribution in [-0.4, -0.2) is 78.1 Å². The van der Waals surface area contributed by atoms with Crippen LogP contribution in [0.15, 0.2) is 12.2 Å². The van der Waals surface area contributed by atoms with Gasteiger partial charge in [-0.15, -0.1) is 0 Å². The van der Waals surface area contributed by atoms with Gasteiger partial charge >= 0.3 is 0 Å². The molecule has 10 heteroatoms. The van der Waals surface area contributed by atoms with Crippen LogP contribution in [0.1, 0.15) is 19.8 Å². The van der Waals surface area contributed by atoms with Crippen molar-refractivity contribution in [2.24, 2.45) is 11.8 Å². The van der Waals surface area contributed by atoms with E-state index in [9.17, 15) is 14.4 Å². The SMILES string of the molecule is C[C@@H](C(=O)NNC(=S)NCCN1CCOCC1)N1C(=O)[C@H]2CC=CC[C@@H]2C1=O. The standard InChI is InChI=1S/C18H27N5O4S/c1-12(23-16(25)13-4-2-3-5-14(13)17(23)26)15(24)20-21-18(28)19-6-7-22-8-10-27-11-9-22/h2-3,12-14H,4-11H2,1H3,(H,20,24)(H2,19,21,28)/t12-,13-,14-/m0/s1. The number of thiocarbonyl (C=S) groups is 1. The highest BCUT2D eigenvalue weighted by Gasteiger charge is 2.50. The molecule has 154 valence electrons. The van der Waals surface area contributed by atoms with Gasteiger partial charge in [0.05, 0.1) is 25.0 Å². The number of carbonyl (C=O) groups is 3. The van der Waals surface area contributed by atoms with E-state index >= 15 is 0 Å². The molecular formula is C18H27N5O4S. The number of nitrogens with zero attached hydrogens (tertiary/aromatic N) is 2. The summed E-state index contributed by atoms with van der Waals surface area (Å²) >= 11 is 5.15. The molecule has 0 spiro atoms. The molecule has 3 aliphatic rings. The third kappa shape index (κ3) is 4.68. The second-order valence-corrected chi connectivity index (χ2v) is 7.61. The first-order valence-corrected chi connectivity index (χ1v) is 10.1. The zero-order chi connectivity index (χ0) is 20.1. The summed E-state index contributed by atoms with van der Waals surface area (Å²) in [6, 6.07) is -0.894. The Kier molecular flexibility index (Phi) is 6.97. The van der Waals surface area contributed by atoms with Crippen molar-refractivity contribution in [1.29, 1.82) is 0 Å². The van der Waals surface area contributed by atoms with Gasteiger partial charge in [-0.25, -0.2) is 0 Å². The predicted octanol–water partition coefficient (Wildman–Crippen LogP) is -0.846. The quantitative estimate of drug-likeness (QED) is 0.234. The molecule has 3 N–H and O–H groups in total. The lowest BCUT2D eigenvalue weighted by atomic mass is 9.85. The average molecular weight is 410 g/mol. The normalized spacial score (nSPS) is 26.0. The molecule has 0 radical (unpaired) electrons. The molecule has 2 fully saturated rings. The summed E-state index contributed by atoms with van der Waals surface area (Å²) in [6.45, 7) is 6.27. The van der Waals surface area contributed by atoms with E-state index in [0.29, 0.717) is 19.4 Å². The van der Waals surface area contributed by atoms with Gasteiger partial charge in [-0.05, 0) is 32.0 Å². The van der Waals surface area contributed by atoms with Crippen LogP contribution in [0.4, 0.5) is 0 Å². The maximum atomic E-state index is 12.5. The molecular weight excluding hydrogens is 382 g/mol. The number of ether oxygens (including phenoxy) is 1. The third-order valence-corrected chi connectivity index (χ3v) is 5.67. The topological polar surface area (TPSA) is 103 Å². The lowest BCUT2D eigenvalue weighted by molar-refractivity contribution is -0.147. The number of amides is 3. The fourth-order valence-corrected chi connectivity index (χ4v) is 3.90. The Bertz CT molecular complexity index is 638. The first-order valence-electron chi connectivity index (χ1n) is 9.64. The van der Waals surface area contributed by atoms with E-state index in [0.717, 1.165) is 37.7 Å². The van der Waals surface area contributed by atoms with Crippen LogP contribution in [0, 0.1) is 11.8 Å². The van der Waals surface area contributed by atoms with Crippen LogP contribution in [0.3, 0.4) is 0 Å². The molecule has 2 aliphatic heterocycles. The Morgan fingerprint density at radius 1 is 1.18 bits per heavy atom.